The molecular formula is C11H20N2O4. The molecule has 0 spiro atoms. The lowest BCUT2D eigenvalue weighted by molar-refractivity contribution is -0.155. The van der Waals surface area contributed by atoms with Crippen LogP contribution >= 0.6 is 0 Å². The van der Waals surface area contributed by atoms with Crippen molar-refractivity contribution in [2.75, 3.05) is 13.2 Å². The van der Waals surface area contributed by atoms with Crippen LogP contribution in [-0.2, 0) is 9.59 Å². The number of carbonyl (C=O) groups excluding carboxylic acids is 2. The third kappa shape index (κ3) is 3.61. The fraction of sp³-hybridized carbons (Fsp3) is 0.727. The Labute approximate surface area is 101 Å². The van der Waals surface area contributed by atoms with E-state index in [0.717, 1.165) is 0 Å². The summed E-state index contributed by atoms with van der Waals surface area (Å²) in [7, 11) is 0. The first-order valence-corrected chi connectivity index (χ1v) is 5.30. The molecule has 0 aliphatic rings. The second-order valence-electron chi connectivity index (χ2n) is 4.58. The third-order valence-electron chi connectivity index (χ3n) is 2.65. The van der Waals surface area contributed by atoms with Crippen molar-refractivity contribution in [1.29, 1.82) is 0 Å². The fourth-order valence-corrected chi connectivity index (χ4v) is 1.18. The highest BCUT2D eigenvalue weighted by atomic mass is 16.3. The van der Waals surface area contributed by atoms with E-state index in [1.54, 1.807) is 0 Å². The third-order valence-corrected chi connectivity index (χ3v) is 2.65. The first-order valence-electron chi connectivity index (χ1n) is 5.30. The Morgan fingerprint density at radius 2 is 1.94 bits per heavy atom. The number of Topliss-reactive ketones (excluding diaryl/α,β-unsaturated/α-hetero) is 1. The van der Waals surface area contributed by atoms with Gasteiger partial charge in [-0.2, -0.15) is 0 Å². The molecule has 0 bridgehead atoms. The van der Waals surface area contributed by atoms with Crippen molar-refractivity contribution in [3.8, 4) is 0 Å². The maximum Gasteiger partial charge on any atom is 0.275 e. The van der Waals surface area contributed by atoms with Crippen LogP contribution in [0.2, 0.25) is 0 Å². The smallest absolute Gasteiger partial charge is 0.275 e. The van der Waals surface area contributed by atoms with Crippen molar-refractivity contribution < 1.29 is 19.8 Å². The molecule has 0 aliphatic heterocycles. The number of nitrogens with zero attached hydrogens (tertiary/aromatic N) is 1. The summed E-state index contributed by atoms with van der Waals surface area (Å²) in [6.45, 7) is 7.25. The second-order valence-corrected chi connectivity index (χ2v) is 4.58. The normalized spacial score (nSPS) is 14.9. The molecule has 0 radical (unpaired) electrons. The number of aliphatic imine (C=N–C) groups is 1. The zero-order valence-electron chi connectivity index (χ0n) is 10.5. The van der Waals surface area contributed by atoms with Crippen LogP contribution in [0.4, 0.5) is 0 Å². The number of hydrogen-bond acceptors (Lipinski definition) is 5. The molecular weight excluding hydrogens is 224 g/mol. The fourth-order valence-electron chi connectivity index (χ4n) is 1.18. The quantitative estimate of drug-likeness (QED) is 0.525. The molecule has 0 aliphatic carbocycles. The van der Waals surface area contributed by atoms with Crippen molar-refractivity contribution in [1.82, 2.24) is 5.32 Å². The standard InChI is InChI=1S/C11H20N2O4/c1-8(15)5-6-13-9(16)11(17,12-4)10(2,3)7-14/h14,17H,4-7H2,1-3H3,(H,13,16)/t11-/m0/s1. The van der Waals surface area contributed by atoms with E-state index in [4.69, 9.17) is 5.11 Å². The molecule has 0 aromatic rings. The van der Waals surface area contributed by atoms with Gasteiger partial charge in [0.15, 0.2) is 0 Å². The summed E-state index contributed by atoms with van der Waals surface area (Å²) in [5.41, 5.74) is -3.27. The highest BCUT2D eigenvalue weighted by Crippen LogP contribution is 2.31. The topological polar surface area (TPSA) is 99.0 Å². The lowest BCUT2D eigenvalue weighted by atomic mass is 9.81. The van der Waals surface area contributed by atoms with Crippen LogP contribution in [0.5, 0.6) is 0 Å². The lowest BCUT2D eigenvalue weighted by Crippen LogP contribution is -2.56. The molecule has 3 N–H and O–H groups in total. The van der Waals surface area contributed by atoms with E-state index in [1.165, 1.54) is 20.8 Å². The van der Waals surface area contributed by atoms with Gasteiger partial charge < -0.3 is 15.5 Å². The van der Waals surface area contributed by atoms with Gasteiger partial charge in [0.05, 0.1) is 6.61 Å². The summed E-state index contributed by atoms with van der Waals surface area (Å²) in [5.74, 6) is -0.838. The minimum atomic E-state index is -2.11. The van der Waals surface area contributed by atoms with Crippen LogP contribution in [0.15, 0.2) is 4.99 Å². The van der Waals surface area contributed by atoms with Gasteiger partial charge in [0, 0.05) is 18.4 Å². The molecule has 0 fully saturated rings. The molecule has 0 saturated heterocycles. The summed E-state index contributed by atoms with van der Waals surface area (Å²) in [6, 6.07) is 0. The van der Waals surface area contributed by atoms with Gasteiger partial charge in [-0.1, -0.05) is 13.8 Å². The summed E-state index contributed by atoms with van der Waals surface area (Å²) >= 11 is 0. The van der Waals surface area contributed by atoms with Crippen LogP contribution in [0, 0.1) is 5.41 Å². The predicted molar refractivity (Wildman–Crippen MR) is 63.7 cm³/mol. The van der Waals surface area contributed by atoms with Gasteiger partial charge in [0.25, 0.3) is 5.91 Å². The minimum Gasteiger partial charge on any atom is -0.396 e. The Kier molecular flexibility index (Phi) is 5.44. The number of rotatable bonds is 7. The van der Waals surface area contributed by atoms with E-state index < -0.39 is 23.7 Å². The number of ketones is 1. The van der Waals surface area contributed by atoms with Crippen LogP contribution in [-0.4, -0.2) is 47.5 Å². The number of hydrogen-bond donors (Lipinski definition) is 3. The monoisotopic (exact) mass is 244 g/mol. The molecule has 17 heavy (non-hydrogen) atoms. The van der Waals surface area contributed by atoms with E-state index in [0.29, 0.717) is 0 Å². The van der Waals surface area contributed by atoms with Crippen LogP contribution in [0.25, 0.3) is 0 Å². The second kappa shape index (κ2) is 5.88. The molecule has 1 amide bonds. The highest BCUT2D eigenvalue weighted by Gasteiger charge is 2.49. The van der Waals surface area contributed by atoms with Gasteiger partial charge >= 0.3 is 0 Å². The van der Waals surface area contributed by atoms with E-state index in [1.807, 2.05) is 0 Å². The molecule has 0 heterocycles. The first-order chi connectivity index (χ1) is 7.71. The summed E-state index contributed by atoms with van der Waals surface area (Å²) < 4.78 is 0. The van der Waals surface area contributed by atoms with E-state index in [-0.39, 0.29) is 18.7 Å². The zero-order chi connectivity index (χ0) is 13.7. The van der Waals surface area contributed by atoms with Crippen molar-refractivity contribution in [2.24, 2.45) is 10.4 Å². The average molecular weight is 244 g/mol. The summed E-state index contributed by atoms with van der Waals surface area (Å²) in [6.07, 6.45) is 0.179. The maximum atomic E-state index is 11.8. The number of carbonyl (C=O) groups is 2. The largest absolute Gasteiger partial charge is 0.396 e. The van der Waals surface area contributed by atoms with E-state index in [9.17, 15) is 14.7 Å². The van der Waals surface area contributed by atoms with E-state index >= 15 is 0 Å². The first kappa shape index (κ1) is 15.7. The molecule has 98 valence electrons. The predicted octanol–water partition coefficient (Wildman–Crippen LogP) is -0.511. The Bertz CT molecular complexity index is 315. The molecule has 0 aromatic carbocycles. The van der Waals surface area contributed by atoms with Gasteiger partial charge in [-0.05, 0) is 13.6 Å². The number of amides is 1. The van der Waals surface area contributed by atoms with Crippen LogP contribution in [0.1, 0.15) is 27.2 Å². The zero-order valence-corrected chi connectivity index (χ0v) is 10.5. The van der Waals surface area contributed by atoms with Crippen molar-refractivity contribution in [3.63, 3.8) is 0 Å². The Morgan fingerprint density at radius 1 is 1.41 bits per heavy atom. The van der Waals surface area contributed by atoms with Gasteiger partial charge in [-0.25, -0.2) is 0 Å². The number of aliphatic hydroxyl groups is 2. The molecule has 0 unspecified atom stereocenters. The SMILES string of the molecule is C=N[C@](O)(C(=O)NCCC(C)=O)C(C)(C)CO. The van der Waals surface area contributed by atoms with Crippen molar-refractivity contribution in [2.45, 2.75) is 32.9 Å². The van der Waals surface area contributed by atoms with Crippen molar-refractivity contribution >= 4 is 18.4 Å². The number of nitrogens with one attached hydrogen (secondary N) is 1. The van der Waals surface area contributed by atoms with Crippen LogP contribution < -0.4 is 5.32 Å². The van der Waals surface area contributed by atoms with Crippen molar-refractivity contribution in [3.05, 3.63) is 0 Å². The Hall–Kier alpha value is -1.27. The minimum absolute atomic E-state index is 0.0678. The number of aliphatic hydroxyl groups excluding tert-OH is 1. The molecule has 6 heteroatoms. The molecule has 6 nitrogen and oxygen atoms in total. The molecule has 0 aromatic heterocycles. The van der Waals surface area contributed by atoms with Gasteiger partial charge in [-0.3, -0.25) is 14.6 Å². The molecule has 0 saturated carbocycles. The highest BCUT2D eigenvalue weighted by molar-refractivity contribution is 5.86. The van der Waals surface area contributed by atoms with E-state index in [2.05, 4.69) is 17.0 Å². The van der Waals surface area contributed by atoms with Gasteiger partial charge in [0.2, 0.25) is 5.72 Å². The summed E-state index contributed by atoms with van der Waals surface area (Å²) in [5, 5.41) is 21.6. The van der Waals surface area contributed by atoms with Gasteiger partial charge in [0.1, 0.15) is 5.78 Å². The summed E-state index contributed by atoms with van der Waals surface area (Å²) in [4.78, 5) is 25.9. The Balaban J connectivity index is 4.71. The molecule has 0 rings (SSSR count). The average Bonchev–Trinajstić information content (AvgIpc) is 2.26. The van der Waals surface area contributed by atoms with Crippen LogP contribution in [0.3, 0.4) is 0 Å². The van der Waals surface area contributed by atoms with Gasteiger partial charge in [-0.15, -0.1) is 0 Å². The Morgan fingerprint density at radius 3 is 2.29 bits per heavy atom. The maximum absolute atomic E-state index is 11.8. The molecule has 1 atom stereocenters. The lowest BCUT2D eigenvalue weighted by Gasteiger charge is -2.36.